The molecular formula is C18H28N4O2. The third-order valence-electron chi connectivity index (χ3n) is 4.47. The Labute approximate surface area is 144 Å². The summed E-state index contributed by atoms with van der Waals surface area (Å²) in [6.45, 7) is 5.92. The van der Waals surface area contributed by atoms with Crippen molar-refractivity contribution < 1.29 is 9.53 Å². The minimum atomic E-state index is -0.316. The smallest absolute Gasteiger partial charge is 0.337 e. The van der Waals surface area contributed by atoms with Crippen molar-refractivity contribution in [1.29, 1.82) is 0 Å². The molecule has 6 nitrogen and oxygen atoms in total. The van der Waals surface area contributed by atoms with Crippen LogP contribution in [0.3, 0.4) is 0 Å². The van der Waals surface area contributed by atoms with Crippen LogP contribution in [-0.2, 0) is 11.2 Å². The third-order valence-corrected chi connectivity index (χ3v) is 4.47. The maximum atomic E-state index is 11.4. The molecule has 1 aromatic carbocycles. The number of nitrogens with zero attached hydrogens (tertiary/aromatic N) is 2. The fourth-order valence-electron chi connectivity index (χ4n) is 3.04. The zero-order chi connectivity index (χ0) is 17.4. The van der Waals surface area contributed by atoms with E-state index in [1.165, 1.54) is 26.5 Å². The summed E-state index contributed by atoms with van der Waals surface area (Å²) in [5.41, 5.74) is 7.64. The average molecular weight is 332 g/mol. The zero-order valence-electron chi connectivity index (χ0n) is 14.6. The molecule has 0 saturated carbocycles. The molecule has 3 N–H and O–H groups in total. The van der Waals surface area contributed by atoms with Gasteiger partial charge >= 0.3 is 5.97 Å². The summed E-state index contributed by atoms with van der Waals surface area (Å²) in [6, 6.07) is 7.94. The second-order valence-corrected chi connectivity index (χ2v) is 6.02. The molecule has 1 heterocycles. The van der Waals surface area contributed by atoms with E-state index in [4.69, 9.17) is 5.73 Å². The lowest BCUT2D eigenvalue weighted by Gasteiger charge is -2.20. The SMILES string of the molecule is CCN1CCCC1CN=C(N)NCCc1ccc(C(=O)OC)cc1. The predicted molar refractivity (Wildman–Crippen MR) is 96.2 cm³/mol. The Kier molecular flexibility index (Phi) is 7.06. The van der Waals surface area contributed by atoms with Gasteiger partial charge in [-0.05, 0) is 50.0 Å². The molecule has 1 aromatic rings. The summed E-state index contributed by atoms with van der Waals surface area (Å²) in [5.74, 6) is 0.188. The monoisotopic (exact) mass is 332 g/mol. The minimum absolute atomic E-state index is 0.316. The highest BCUT2D eigenvalue weighted by molar-refractivity contribution is 5.89. The highest BCUT2D eigenvalue weighted by Crippen LogP contribution is 2.16. The van der Waals surface area contributed by atoms with E-state index in [9.17, 15) is 4.79 Å². The van der Waals surface area contributed by atoms with E-state index in [2.05, 4.69) is 26.9 Å². The maximum Gasteiger partial charge on any atom is 0.337 e. The van der Waals surface area contributed by atoms with Crippen LogP contribution in [-0.4, -0.2) is 56.2 Å². The highest BCUT2D eigenvalue weighted by atomic mass is 16.5. The van der Waals surface area contributed by atoms with Crippen molar-refractivity contribution in [3.05, 3.63) is 35.4 Å². The van der Waals surface area contributed by atoms with Gasteiger partial charge < -0.3 is 15.8 Å². The number of carbonyl (C=O) groups is 1. The Morgan fingerprint density at radius 3 is 2.83 bits per heavy atom. The molecule has 6 heteroatoms. The quantitative estimate of drug-likeness (QED) is 0.448. The van der Waals surface area contributed by atoms with E-state index in [1.807, 2.05) is 12.1 Å². The molecule has 1 saturated heterocycles. The Morgan fingerprint density at radius 1 is 1.42 bits per heavy atom. The van der Waals surface area contributed by atoms with Crippen LogP contribution in [0.2, 0.25) is 0 Å². The number of nitrogens with one attached hydrogen (secondary N) is 1. The van der Waals surface area contributed by atoms with Gasteiger partial charge in [0.2, 0.25) is 0 Å². The number of aliphatic imine (C=N–C) groups is 1. The van der Waals surface area contributed by atoms with Gasteiger partial charge in [0.1, 0.15) is 0 Å². The second kappa shape index (κ2) is 9.27. The Hall–Kier alpha value is -2.08. The van der Waals surface area contributed by atoms with Crippen LogP contribution in [0.15, 0.2) is 29.3 Å². The van der Waals surface area contributed by atoms with Gasteiger partial charge in [0.25, 0.3) is 0 Å². The molecule has 0 aromatic heterocycles. The van der Waals surface area contributed by atoms with E-state index in [0.29, 0.717) is 17.6 Å². The van der Waals surface area contributed by atoms with E-state index < -0.39 is 0 Å². The Bertz CT molecular complexity index is 557. The topological polar surface area (TPSA) is 80.0 Å². The number of ether oxygens (including phenoxy) is 1. The van der Waals surface area contributed by atoms with Gasteiger partial charge in [0, 0.05) is 12.6 Å². The van der Waals surface area contributed by atoms with Crippen LogP contribution in [0.4, 0.5) is 0 Å². The molecule has 1 aliphatic heterocycles. The number of guanidine groups is 1. The van der Waals surface area contributed by atoms with Crippen molar-refractivity contribution in [2.75, 3.05) is 33.3 Å². The molecule has 132 valence electrons. The number of benzene rings is 1. The van der Waals surface area contributed by atoms with Crippen molar-refractivity contribution >= 4 is 11.9 Å². The van der Waals surface area contributed by atoms with Gasteiger partial charge in [-0.1, -0.05) is 19.1 Å². The molecule has 1 fully saturated rings. The lowest BCUT2D eigenvalue weighted by molar-refractivity contribution is 0.0600. The van der Waals surface area contributed by atoms with Crippen LogP contribution in [0.5, 0.6) is 0 Å². The van der Waals surface area contributed by atoms with Crippen LogP contribution in [0.1, 0.15) is 35.7 Å². The van der Waals surface area contributed by atoms with Gasteiger partial charge in [-0.15, -0.1) is 0 Å². The van der Waals surface area contributed by atoms with Gasteiger partial charge in [-0.3, -0.25) is 9.89 Å². The maximum absolute atomic E-state index is 11.4. The first kappa shape index (κ1) is 18.3. The highest BCUT2D eigenvalue weighted by Gasteiger charge is 2.22. The number of rotatable bonds is 7. The fourth-order valence-corrected chi connectivity index (χ4v) is 3.04. The number of likely N-dealkylation sites (N-methyl/N-ethyl adjacent to an activating group) is 1. The summed E-state index contributed by atoms with van der Waals surface area (Å²) < 4.78 is 4.69. The van der Waals surface area contributed by atoms with Crippen molar-refractivity contribution in [2.45, 2.75) is 32.2 Å². The molecule has 0 spiro atoms. The molecule has 0 aliphatic carbocycles. The van der Waals surface area contributed by atoms with Crippen LogP contribution < -0.4 is 11.1 Å². The summed E-state index contributed by atoms with van der Waals surface area (Å²) in [7, 11) is 1.38. The van der Waals surface area contributed by atoms with Gasteiger partial charge in [-0.25, -0.2) is 4.79 Å². The number of carbonyl (C=O) groups excluding carboxylic acids is 1. The fraction of sp³-hybridized carbons (Fsp3) is 0.556. The van der Waals surface area contributed by atoms with Crippen LogP contribution in [0.25, 0.3) is 0 Å². The van der Waals surface area contributed by atoms with E-state index in [-0.39, 0.29) is 5.97 Å². The molecule has 0 bridgehead atoms. The number of methoxy groups -OCH3 is 1. The number of hydrogen-bond donors (Lipinski definition) is 2. The van der Waals surface area contributed by atoms with Gasteiger partial charge in [-0.2, -0.15) is 0 Å². The van der Waals surface area contributed by atoms with Gasteiger partial charge in [0.15, 0.2) is 5.96 Å². The molecule has 0 amide bonds. The molecular weight excluding hydrogens is 304 g/mol. The first-order valence-electron chi connectivity index (χ1n) is 8.59. The average Bonchev–Trinajstić information content (AvgIpc) is 3.07. The number of likely N-dealkylation sites (tertiary alicyclic amines) is 1. The molecule has 1 atom stereocenters. The molecule has 24 heavy (non-hydrogen) atoms. The first-order valence-corrected chi connectivity index (χ1v) is 8.59. The van der Waals surface area contributed by atoms with E-state index >= 15 is 0 Å². The van der Waals surface area contributed by atoms with E-state index in [1.54, 1.807) is 12.1 Å². The third kappa shape index (κ3) is 5.23. The summed E-state index contributed by atoms with van der Waals surface area (Å²) in [5, 5.41) is 3.15. The van der Waals surface area contributed by atoms with Crippen LogP contribution in [0, 0.1) is 0 Å². The predicted octanol–water partition coefficient (Wildman–Crippen LogP) is 1.40. The lowest BCUT2D eigenvalue weighted by Crippen LogP contribution is -2.36. The van der Waals surface area contributed by atoms with Crippen LogP contribution >= 0.6 is 0 Å². The summed E-state index contributed by atoms with van der Waals surface area (Å²) in [4.78, 5) is 18.3. The normalized spacial score (nSPS) is 18.6. The summed E-state index contributed by atoms with van der Waals surface area (Å²) in [6.07, 6.45) is 3.28. The molecule has 2 rings (SSSR count). The largest absolute Gasteiger partial charge is 0.465 e. The minimum Gasteiger partial charge on any atom is -0.465 e. The molecule has 0 radical (unpaired) electrons. The summed E-state index contributed by atoms with van der Waals surface area (Å²) >= 11 is 0. The zero-order valence-corrected chi connectivity index (χ0v) is 14.6. The Morgan fingerprint density at radius 2 is 2.17 bits per heavy atom. The van der Waals surface area contributed by atoms with Gasteiger partial charge in [0.05, 0.1) is 19.2 Å². The van der Waals surface area contributed by atoms with Crippen molar-refractivity contribution in [1.82, 2.24) is 10.2 Å². The second-order valence-electron chi connectivity index (χ2n) is 6.02. The number of esters is 1. The number of hydrogen-bond acceptors (Lipinski definition) is 4. The first-order chi connectivity index (χ1) is 11.6. The number of nitrogens with two attached hydrogens (primary N) is 1. The van der Waals surface area contributed by atoms with Crippen molar-refractivity contribution in [2.24, 2.45) is 10.7 Å². The Balaban J connectivity index is 1.73. The lowest BCUT2D eigenvalue weighted by atomic mass is 10.1. The van der Waals surface area contributed by atoms with E-state index in [0.717, 1.165) is 31.6 Å². The molecule has 1 unspecified atom stereocenters. The standard InChI is InChI=1S/C18H28N4O2/c1-3-22-12-4-5-16(22)13-21-18(19)20-11-10-14-6-8-15(9-7-14)17(23)24-2/h6-9,16H,3-5,10-13H2,1-2H3,(H3,19,20,21). The van der Waals surface area contributed by atoms with Crippen molar-refractivity contribution in [3.8, 4) is 0 Å². The van der Waals surface area contributed by atoms with Crippen molar-refractivity contribution in [3.63, 3.8) is 0 Å². The molecule has 1 aliphatic rings.